The summed E-state index contributed by atoms with van der Waals surface area (Å²) in [5.41, 5.74) is 0. The Hall–Kier alpha value is -0.0900. The summed E-state index contributed by atoms with van der Waals surface area (Å²) < 4.78 is 6.57. The zero-order valence-corrected chi connectivity index (χ0v) is 8.44. The zero-order valence-electron chi connectivity index (χ0n) is 5.27. The molecule has 0 saturated heterocycles. The molecule has 0 atom stereocenters. The second-order valence-corrected chi connectivity index (χ2v) is 3.29. The number of pyridine rings is 1. The lowest BCUT2D eigenvalue weighted by Gasteiger charge is -2.00. The molecular weight excluding hydrogens is 262 g/mol. The summed E-state index contributed by atoms with van der Waals surface area (Å²) in [5.74, 6) is 0.592. The topological polar surface area (TPSA) is 22.1 Å². The van der Waals surface area contributed by atoms with Gasteiger partial charge in [-0.2, -0.15) is 0 Å². The van der Waals surface area contributed by atoms with E-state index < -0.39 is 0 Å². The molecule has 0 bridgehead atoms. The average Bonchev–Trinajstić information content (AvgIpc) is 1.94. The summed E-state index contributed by atoms with van der Waals surface area (Å²) in [6.45, 7) is 0. The maximum Gasteiger partial charge on any atom is 0.228 e. The maximum atomic E-state index is 4.94. The van der Waals surface area contributed by atoms with E-state index in [2.05, 4.69) is 36.8 Å². The van der Waals surface area contributed by atoms with Crippen LogP contribution in [-0.4, -0.2) is 12.1 Å². The van der Waals surface area contributed by atoms with Crippen molar-refractivity contribution in [1.82, 2.24) is 4.98 Å². The molecule has 0 amide bonds. The summed E-state index contributed by atoms with van der Waals surface area (Å²) in [7, 11) is 1.58. The molecule has 0 aromatic carbocycles. The molecule has 0 aliphatic heterocycles. The van der Waals surface area contributed by atoms with E-state index in [1.807, 2.05) is 12.1 Å². The van der Waals surface area contributed by atoms with Crippen molar-refractivity contribution in [2.75, 3.05) is 7.11 Å². The Balaban J connectivity index is 3.09. The highest BCUT2D eigenvalue weighted by Gasteiger charge is 1.99. The van der Waals surface area contributed by atoms with Gasteiger partial charge in [0, 0.05) is 0 Å². The molecule has 0 radical (unpaired) electrons. The Bertz CT molecular complexity index is 239. The third-order valence-corrected chi connectivity index (χ3v) is 2.02. The highest BCUT2D eigenvalue weighted by atomic mass is 79.9. The predicted octanol–water partition coefficient (Wildman–Crippen LogP) is 2.62. The first-order valence-electron chi connectivity index (χ1n) is 2.60. The van der Waals surface area contributed by atoms with Gasteiger partial charge in [-0.15, -0.1) is 0 Å². The molecule has 1 rings (SSSR count). The first-order valence-corrected chi connectivity index (χ1v) is 4.18. The van der Waals surface area contributed by atoms with Crippen LogP contribution in [0.15, 0.2) is 21.2 Å². The molecule has 0 fully saturated rings. The largest absolute Gasteiger partial charge is 0.480 e. The van der Waals surface area contributed by atoms with Crippen LogP contribution in [0.2, 0.25) is 0 Å². The summed E-state index contributed by atoms with van der Waals surface area (Å²) in [6.07, 6.45) is 0. The van der Waals surface area contributed by atoms with Crippen LogP contribution in [0.5, 0.6) is 5.88 Å². The Labute approximate surface area is 75.9 Å². The van der Waals surface area contributed by atoms with Gasteiger partial charge in [0.05, 0.1) is 11.6 Å². The Morgan fingerprint density at radius 3 is 2.60 bits per heavy atom. The van der Waals surface area contributed by atoms with Crippen LogP contribution in [0, 0.1) is 0 Å². The Morgan fingerprint density at radius 2 is 2.10 bits per heavy atom. The van der Waals surface area contributed by atoms with Crippen molar-refractivity contribution in [3.63, 3.8) is 0 Å². The number of rotatable bonds is 1. The van der Waals surface area contributed by atoms with Gasteiger partial charge in [0.1, 0.15) is 4.60 Å². The smallest absolute Gasteiger partial charge is 0.228 e. The quantitative estimate of drug-likeness (QED) is 0.729. The van der Waals surface area contributed by atoms with E-state index in [0.29, 0.717) is 5.88 Å². The van der Waals surface area contributed by atoms with Crippen LogP contribution < -0.4 is 4.74 Å². The fraction of sp³-hybridized carbons (Fsp3) is 0.167. The molecule has 1 aromatic rings. The molecule has 10 heavy (non-hydrogen) atoms. The SMILES string of the molecule is COc1nc(Br)ccc1Br. The summed E-state index contributed by atoms with van der Waals surface area (Å²) in [4.78, 5) is 4.04. The van der Waals surface area contributed by atoms with E-state index in [9.17, 15) is 0 Å². The second kappa shape index (κ2) is 3.34. The molecule has 4 heteroatoms. The molecule has 54 valence electrons. The van der Waals surface area contributed by atoms with Crippen molar-refractivity contribution in [2.24, 2.45) is 0 Å². The van der Waals surface area contributed by atoms with Crippen LogP contribution in [0.3, 0.4) is 0 Å². The van der Waals surface area contributed by atoms with Gasteiger partial charge in [-0.05, 0) is 44.0 Å². The first kappa shape index (κ1) is 8.01. The molecule has 0 aliphatic carbocycles. The highest BCUT2D eigenvalue weighted by Crippen LogP contribution is 2.23. The van der Waals surface area contributed by atoms with Crippen molar-refractivity contribution in [3.05, 3.63) is 21.2 Å². The van der Waals surface area contributed by atoms with Gasteiger partial charge in [0.25, 0.3) is 0 Å². The van der Waals surface area contributed by atoms with Crippen molar-refractivity contribution in [3.8, 4) is 5.88 Å². The maximum absolute atomic E-state index is 4.94. The molecule has 2 nitrogen and oxygen atoms in total. The minimum atomic E-state index is 0.592. The monoisotopic (exact) mass is 265 g/mol. The molecule has 0 spiro atoms. The zero-order chi connectivity index (χ0) is 7.56. The number of aromatic nitrogens is 1. The van der Waals surface area contributed by atoms with E-state index >= 15 is 0 Å². The fourth-order valence-electron chi connectivity index (χ4n) is 0.544. The van der Waals surface area contributed by atoms with Crippen molar-refractivity contribution >= 4 is 31.9 Å². The molecular formula is C6H5Br2NO. The lowest BCUT2D eigenvalue weighted by molar-refractivity contribution is 0.394. The number of hydrogen-bond acceptors (Lipinski definition) is 2. The van der Waals surface area contributed by atoms with Crippen molar-refractivity contribution < 1.29 is 4.74 Å². The highest BCUT2D eigenvalue weighted by molar-refractivity contribution is 9.11. The van der Waals surface area contributed by atoms with E-state index in [4.69, 9.17) is 4.74 Å². The van der Waals surface area contributed by atoms with Crippen LogP contribution in [0.25, 0.3) is 0 Å². The second-order valence-electron chi connectivity index (χ2n) is 1.63. The molecule has 0 aliphatic rings. The van der Waals surface area contributed by atoms with Crippen LogP contribution in [0.1, 0.15) is 0 Å². The Kier molecular flexibility index (Phi) is 2.68. The molecule has 1 heterocycles. The molecule has 1 aromatic heterocycles. The Morgan fingerprint density at radius 1 is 1.40 bits per heavy atom. The van der Waals surface area contributed by atoms with Crippen LogP contribution in [-0.2, 0) is 0 Å². The predicted molar refractivity (Wildman–Crippen MR) is 46.2 cm³/mol. The lowest BCUT2D eigenvalue weighted by Crippen LogP contribution is -1.88. The van der Waals surface area contributed by atoms with Gasteiger partial charge in [-0.25, -0.2) is 4.98 Å². The molecule has 0 unspecified atom stereocenters. The van der Waals surface area contributed by atoms with Crippen LogP contribution in [0.4, 0.5) is 0 Å². The van der Waals surface area contributed by atoms with E-state index in [1.165, 1.54) is 0 Å². The minimum Gasteiger partial charge on any atom is -0.480 e. The number of hydrogen-bond donors (Lipinski definition) is 0. The van der Waals surface area contributed by atoms with E-state index in [1.54, 1.807) is 7.11 Å². The molecule has 0 saturated carbocycles. The third-order valence-electron chi connectivity index (χ3n) is 0.973. The van der Waals surface area contributed by atoms with Crippen LogP contribution >= 0.6 is 31.9 Å². The molecule has 0 N–H and O–H groups in total. The van der Waals surface area contributed by atoms with Crippen molar-refractivity contribution in [1.29, 1.82) is 0 Å². The number of nitrogens with zero attached hydrogens (tertiary/aromatic N) is 1. The van der Waals surface area contributed by atoms with E-state index in [-0.39, 0.29) is 0 Å². The first-order chi connectivity index (χ1) is 4.74. The normalized spacial score (nSPS) is 9.50. The minimum absolute atomic E-state index is 0.592. The number of ether oxygens (including phenoxy) is 1. The van der Waals surface area contributed by atoms with Gasteiger partial charge in [0.2, 0.25) is 5.88 Å². The lowest BCUT2D eigenvalue weighted by atomic mass is 10.5. The average molecular weight is 267 g/mol. The standard InChI is InChI=1S/C6H5Br2NO/c1-10-6-4(7)2-3-5(8)9-6/h2-3H,1H3. The van der Waals surface area contributed by atoms with Crippen molar-refractivity contribution in [2.45, 2.75) is 0 Å². The van der Waals surface area contributed by atoms with Gasteiger partial charge in [-0.3, -0.25) is 0 Å². The third kappa shape index (κ3) is 1.70. The summed E-state index contributed by atoms with van der Waals surface area (Å²) in [5, 5.41) is 0. The summed E-state index contributed by atoms with van der Waals surface area (Å²) >= 11 is 6.51. The van der Waals surface area contributed by atoms with Gasteiger partial charge < -0.3 is 4.74 Å². The van der Waals surface area contributed by atoms with Gasteiger partial charge in [0.15, 0.2) is 0 Å². The summed E-state index contributed by atoms with van der Waals surface area (Å²) in [6, 6.07) is 3.71. The number of halogens is 2. The fourth-order valence-corrected chi connectivity index (χ4v) is 1.22. The van der Waals surface area contributed by atoms with E-state index in [0.717, 1.165) is 9.08 Å². The van der Waals surface area contributed by atoms with Gasteiger partial charge in [-0.1, -0.05) is 0 Å². The number of methoxy groups -OCH3 is 1. The van der Waals surface area contributed by atoms with Gasteiger partial charge >= 0.3 is 0 Å².